The molecule has 2 aromatic rings. The van der Waals surface area contributed by atoms with Crippen LogP contribution in [-0.4, -0.2) is 26.8 Å². The molecule has 14 heteroatoms. The first-order valence-corrected chi connectivity index (χ1v) is 7.63. The van der Waals surface area contributed by atoms with E-state index in [1.807, 2.05) is 0 Å². The van der Waals surface area contributed by atoms with E-state index in [4.69, 9.17) is 4.74 Å². The van der Waals surface area contributed by atoms with Gasteiger partial charge < -0.3 is 4.74 Å². The van der Waals surface area contributed by atoms with Gasteiger partial charge in [-0.3, -0.25) is 19.3 Å². The number of fused-ring (bicyclic) bond motifs is 1. The van der Waals surface area contributed by atoms with Gasteiger partial charge in [-0.25, -0.2) is 0 Å². The summed E-state index contributed by atoms with van der Waals surface area (Å²) >= 11 is 0. The fourth-order valence-electron chi connectivity index (χ4n) is 2.76. The molecule has 0 bridgehead atoms. The van der Waals surface area contributed by atoms with Crippen LogP contribution in [-0.2, 0) is 9.68 Å². The van der Waals surface area contributed by atoms with E-state index in [0.29, 0.717) is 0 Å². The van der Waals surface area contributed by atoms with Crippen LogP contribution < -0.4 is 9.57 Å². The molecule has 0 saturated carbocycles. The van der Waals surface area contributed by atoms with Gasteiger partial charge in [-0.05, 0) is 29.8 Å². The molecule has 0 radical (unpaired) electrons. The molecule has 0 amide bonds. The number of ketones is 1. The lowest BCUT2D eigenvalue weighted by atomic mass is 9.90. The molecule has 1 aliphatic rings. The lowest BCUT2D eigenvalue weighted by Gasteiger charge is -2.38. The summed E-state index contributed by atoms with van der Waals surface area (Å²) < 4.78 is 5.57. The van der Waals surface area contributed by atoms with Gasteiger partial charge in [0.15, 0.2) is 6.10 Å². The zero-order valence-electron chi connectivity index (χ0n) is 14.0. The second-order valence-corrected chi connectivity index (χ2v) is 5.50. The number of benzene rings is 2. The number of para-hydroxylation sites is 1. The first-order valence-electron chi connectivity index (χ1n) is 7.63. The van der Waals surface area contributed by atoms with Gasteiger partial charge in [0, 0.05) is 0 Å². The fraction of sp³-hybridized carbons (Fsp3) is 0.133. The topological polar surface area (TPSA) is 183 Å². The molecule has 0 aromatic heterocycles. The van der Waals surface area contributed by atoms with E-state index >= 15 is 0 Å². The predicted octanol–water partition coefficient (Wildman–Crippen LogP) is 1.69. The van der Waals surface area contributed by atoms with Crippen molar-refractivity contribution in [3.05, 3.63) is 90.0 Å². The van der Waals surface area contributed by atoms with E-state index in [9.17, 15) is 35.1 Å². The van der Waals surface area contributed by atoms with Gasteiger partial charge >= 0.3 is 5.79 Å². The molecular formula is C15H9N3O11. The minimum absolute atomic E-state index is 0.0253. The van der Waals surface area contributed by atoms with Crippen molar-refractivity contribution in [1.82, 2.24) is 0 Å². The third-order valence-corrected chi connectivity index (χ3v) is 3.82. The van der Waals surface area contributed by atoms with Crippen LogP contribution in [0.2, 0.25) is 0 Å². The number of ether oxygens (including phenoxy) is 1. The van der Waals surface area contributed by atoms with Crippen LogP contribution in [0.25, 0.3) is 0 Å². The molecule has 14 nitrogen and oxygen atoms in total. The van der Waals surface area contributed by atoms with Crippen molar-refractivity contribution in [3.8, 4) is 11.5 Å². The van der Waals surface area contributed by atoms with Gasteiger partial charge in [0.1, 0.15) is 11.5 Å². The van der Waals surface area contributed by atoms with Crippen LogP contribution in [0.3, 0.4) is 0 Å². The quantitative estimate of drug-likeness (QED) is 0.369. The molecule has 0 aliphatic carbocycles. The molecule has 0 saturated heterocycles. The van der Waals surface area contributed by atoms with Crippen molar-refractivity contribution in [2.24, 2.45) is 0 Å². The number of hydrogen-bond acceptors (Lipinski definition) is 11. The Morgan fingerprint density at radius 2 is 1.45 bits per heavy atom. The van der Waals surface area contributed by atoms with Crippen LogP contribution >= 0.6 is 0 Å². The van der Waals surface area contributed by atoms with Gasteiger partial charge in [0.05, 0.1) is 5.56 Å². The second kappa shape index (κ2) is 7.26. The Bertz CT molecular complexity index is 975. The smallest absolute Gasteiger partial charge is 0.365 e. The Kier molecular flexibility index (Phi) is 4.83. The van der Waals surface area contributed by atoms with Gasteiger partial charge in [-0.15, -0.1) is 30.3 Å². The van der Waals surface area contributed by atoms with Gasteiger partial charge in [-0.1, -0.05) is 24.3 Å². The average molecular weight is 407 g/mol. The van der Waals surface area contributed by atoms with Crippen LogP contribution in [0.1, 0.15) is 22.0 Å². The van der Waals surface area contributed by atoms with Gasteiger partial charge in [-0.2, -0.15) is 0 Å². The number of carbonyl (C=O) groups excluding carboxylic acids is 1. The van der Waals surface area contributed by atoms with Crippen LogP contribution in [0.4, 0.5) is 0 Å². The largest absolute Gasteiger partial charge is 0.480 e. The predicted molar refractivity (Wildman–Crippen MR) is 87.1 cm³/mol. The van der Waals surface area contributed by atoms with Crippen LogP contribution in [0.15, 0.2) is 48.5 Å². The summed E-state index contributed by atoms with van der Waals surface area (Å²) in [5.41, 5.74) is -0.284. The van der Waals surface area contributed by atoms with Crippen molar-refractivity contribution in [1.29, 1.82) is 0 Å². The summed E-state index contributed by atoms with van der Waals surface area (Å²) in [5, 5.41) is 28.6. The monoisotopic (exact) mass is 407 g/mol. The molecule has 0 fully saturated rings. The van der Waals surface area contributed by atoms with Gasteiger partial charge in [0.2, 0.25) is 5.78 Å². The maximum absolute atomic E-state index is 13.0. The first kappa shape index (κ1) is 19.3. The van der Waals surface area contributed by atoms with Crippen LogP contribution in [0.5, 0.6) is 11.5 Å². The molecule has 1 aliphatic heterocycles. The van der Waals surface area contributed by atoms with Crippen molar-refractivity contribution in [3.63, 3.8) is 0 Å². The van der Waals surface area contributed by atoms with E-state index < -0.39 is 32.9 Å². The summed E-state index contributed by atoms with van der Waals surface area (Å²) in [6, 6.07) is 9.99. The highest BCUT2D eigenvalue weighted by Crippen LogP contribution is 2.44. The molecular weight excluding hydrogens is 398 g/mol. The summed E-state index contributed by atoms with van der Waals surface area (Å²) in [6.07, 6.45) is -1.80. The summed E-state index contributed by atoms with van der Waals surface area (Å²) in [5.74, 6) is -4.56. The van der Waals surface area contributed by atoms with Crippen molar-refractivity contribution >= 4 is 5.78 Å². The molecule has 1 atom stereocenters. The molecule has 150 valence electrons. The lowest BCUT2D eigenvalue weighted by Crippen LogP contribution is -2.56. The zero-order valence-corrected chi connectivity index (χ0v) is 14.0. The molecule has 0 N–H and O–H groups in total. The Labute approximate surface area is 159 Å². The number of carbonyl (C=O) groups is 1. The average Bonchev–Trinajstić information content (AvgIpc) is 2.64. The van der Waals surface area contributed by atoms with Crippen molar-refractivity contribution in [2.75, 3.05) is 0 Å². The highest BCUT2D eigenvalue weighted by molar-refractivity contribution is 6.05. The molecule has 3 rings (SSSR count). The highest BCUT2D eigenvalue weighted by atomic mass is 17.1. The van der Waals surface area contributed by atoms with Crippen molar-refractivity contribution in [2.45, 2.75) is 11.9 Å². The normalized spacial score (nSPS) is 16.7. The fourth-order valence-corrected chi connectivity index (χ4v) is 2.76. The second-order valence-electron chi connectivity index (χ2n) is 5.50. The number of nitrogens with zero attached hydrogens (tertiary/aromatic N) is 3. The number of rotatable bonds is 7. The maximum Gasteiger partial charge on any atom is 0.365 e. The Morgan fingerprint density at radius 1 is 0.862 bits per heavy atom. The Balaban J connectivity index is 2.14. The minimum Gasteiger partial charge on any atom is -0.480 e. The molecule has 0 spiro atoms. The molecule has 1 heterocycles. The molecule has 1 unspecified atom stereocenters. The summed E-state index contributed by atoms with van der Waals surface area (Å²) in [7, 11) is 0. The van der Waals surface area contributed by atoms with E-state index in [-0.39, 0.29) is 22.6 Å². The lowest BCUT2D eigenvalue weighted by molar-refractivity contribution is -0.867. The zero-order chi connectivity index (χ0) is 21.2. The van der Waals surface area contributed by atoms with E-state index in [0.717, 1.165) is 24.3 Å². The van der Waals surface area contributed by atoms with E-state index in [1.54, 1.807) is 0 Å². The van der Waals surface area contributed by atoms with E-state index in [1.165, 1.54) is 24.3 Å². The number of Topliss-reactive ketones (excluding diaryl/α,β-unsaturated/α-hetero) is 1. The summed E-state index contributed by atoms with van der Waals surface area (Å²) in [6.45, 7) is 0. The van der Waals surface area contributed by atoms with E-state index in [2.05, 4.69) is 14.5 Å². The van der Waals surface area contributed by atoms with Crippen molar-refractivity contribution < 1.29 is 39.3 Å². The number of hydrogen-bond donors (Lipinski definition) is 0. The SMILES string of the molecule is O=C1c2ccccc2OC(c2ccc(O[N+](=O)[O-])cc2)C1(O[N+](=O)[O-])O[N+](=O)[O-]. The minimum atomic E-state index is -3.10. The summed E-state index contributed by atoms with van der Waals surface area (Å²) in [4.78, 5) is 58.4. The third-order valence-electron chi connectivity index (χ3n) is 3.82. The highest BCUT2D eigenvalue weighted by Gasteiger charge is 2.59. The standard InChI is InChI=1S/C15H9N3O11/c19-13-11-3-1-2-4-12(11)26-14(15(13,28-17(22)23)29-18(24)25)9-5-7-10(8-6-9)27-16(20)21/h1-8,14H. The Morgan fingerprint density at radius 3 is 2.00 bits per heavy atom. The maximum atomic E-state index is 13.0. The van der Waals surface area contributed by atoms with Crippen LogP contribution in [0, 0.1) is 30.3 Å². The first-order chi connectivity index (χ1) is 13.7. The molecule has 2 aromatic carbocycles. The van der Waals surface area contributed by atoms with Gasteiger partial charge in [0.25, 0.3) is 15.3 Å². The molecule has 29 heavy (non-hydrogen) atoms. The Hall–Kier alpha value is -4.49. The third kappa shape index (κ3) is 3.66.